The van der Waals surface area contributed by atoms with Crippen molar-refractivity contribution in [3.8, 4) is 5.75 Å². The number of carbonyl (C=O) groups is 1. The van der Waals surface area contributed by atoms with Crippen LogP contribution >= 0.6 is 0 Å². The van der Waals surface area contributed by atoms with Gasteiger partial charge in [-0.05, 0) is 12.8 Å². The first-order chi connectivity index (χ1) is 7.22. The standard InChI is InChI=1S/C10H13N3O2/c1-12-8-5-13-4-7(10(11)14)9(8)15-6-2-3-6/h4-6,12H,2-3H2,1H3,(H2,11,14). The van der Waals surface area contributed by atoms with E-state index in [1.807, 2.05) is 0 Å². The molecular weight excluding hydrogens is 194 g/mol. The third-order valence-electron chi connectivity index (χ3n) is 2.24. The van der Waals surface area contributed by atoms with Gasteiger partial charge in [-0.25, -0.2) is 0 Å². The molecule has 1 saturated carbocycles. The van der Waals surface area contributed by atoms with Crippen LogP contribution in [0.1, 0.15) is 23.2 Å². The Morgan fingerprint density at radius 2 is 2.33 bits per heavy atom. The van der Waals surface area contributed by atoms with Crippen LogP contribution in [-0.4, -0.2) is 24.0 Å². The van der Waals surface area contributed by atoms with Crippen LogP contribution < -0.4 is 15.8 Å². The fourth-order valence-corrected chi connectivity index (χ4v) is 1.28. The summed E-state index contributed by atoms with van der Waals surface area (Å²) >= 11 is 0. The first-order valence-electron chi connectivity index (χ1n) is 4.84. The summed E-state index contributed by atoms with van der Waals surface area (Å²) in [6.45, 7) is 0. The molecule has 2 rings (SSSR count). The van der Waals surface area contributed by atoms with E-state index < -0.39 is 5.91 Å². The van der Waals surface area contributed by atoms with Crippen molar-refractivity contribution in [2.24, 2.45) is 5.73 Å². The number of hydrogen-bond donors (Lipinski definition) is 2. The molecule has 15 heavy (non-hydrogen) atoms. The number of nitrogens with zero attached hydrogens (tertiary/aromatic N) is 1. The molecule has 5 heteroatoms. The molecule has 1 aromatic heterocycles. The van der Waals surface area contributed by atoms with E-state index in [9.17, 15) is 4.79 Å². The van der Waals surface area contributed by atoms with Crippen LogP contribution in [0.2, 0.25) is 0 Å². The second kappa shape index (κ2) is 3.76. The predicted octanol–water partition coefficient (Wildman–Crippen LogP) is 0.763. The van der Waals surface area contributed by atoms with Gasteiger partial charge in [-0.15, -0.1) is 0 Å². The summed E-state index contributed by atoms with van der Waals surface area (Å²) in [4.78, 5) is 15.1. The van der Waals surface area contributed by atoms with Crippen LogP contribution in [0, 0.1) is 0 Å². The number of aromatic nitrogens is 1. The Kier molecular flexibility index (Phi) is 2.45. The third-order valence-corrected chi connectivity index (χ3v) is 2.24. The zero-order chi connectivity index (χ0) is 10.8. The molecule has 0 saturated heterocycles. The summed E-state index contributed by atoms with van der Waals surface area (Å²) < 4.78 is 5.64. The molecule has 1 heterocycles. The quantitative estimate of drug-likeness (QED) is 0.764. The van der Waals surface area contributed by atoms with Crippen LogP contribution in [-0.2, 0) is 0 Å². The number of amides is 1. The van der Waals surface area contributed by atoms with E-state index in [1.165, 1.54) is 6.20 Å². The molecule has 0 radical (unpaired) electrons. The molecule has 3 N–H and O–H groups in total. The highest BCUT2D eigenvalue weighted by Crippen LogP contribution is 2.33. The highest BCUT2D eigenvalue weighted by Gasteiger charge is 2.27. The summed E-state index contributed by atoms with van der Waals surface area (Å²) in [6.07, 6.45) is 5.33. The molecule has 1 fully saturated rings. The molecule has 0 spiro atoms. The van der Waals surface area contributed by atoms with Crippen LogP contribution in [0.15, 0.2) is 12.4 Å². The van der Waals surface area contributed by atoms with Gasteiger partial charge in [-0.3, -0.25) is 9.78 Å². The number of pyridine rings is 1. The van der Waals surface area contributed by atoms with Crippen molar-refractivity contribution >= 4 is 11.6 Å². The summed E-state index contributed by atoms with van der Waals surface area (Å²) in [5.74, 6) is -0.00208. The lowest BCUT2D eigenvalue weighted by Crippen LogP contribution is -2.15. The van der Waals surface area contributed by atoms with Crippen molar-refractivity contribution in [2.75, 3.05) is 12.4 Å². The number of ether oxygens (including phenoxy) is 1. The zero-order valence-corrected chi connectivity index (χ0v) is 8.49. The Balaban J connectivity index is 2.38. The summed E-state index contributed by atoms with van der Waals surface area (Å²) in [7, 11) is 1.75. The summed E-state index contributed by atoms with van der Waals surface area (Å²) in [5.41, 5.74) is 6.27. The first kappa shape index (κ1) is 9.76. The molecule has 0 bridgehead atoms. The van der Waals surface area contributed by atoms with E-state index in [-0.39, 0.29) is 6.10 Å². The SMILES string of the molecule is CNc1cncc(C(N)=O)c1OC1CC1. The fourth-order valence-electron chi connectivity index (χ4n) is 1.28. The maximum atomic E-state index is 11.2. The van der Waals surface area contributed by atoms with Crippen LogP contribution in [0.3, 0.4) is 0 Å². The lowest BCUT2D eigenvalue weighted by molar-refractivity contribution is 0.0996. The van der Waals surface area contributed by atoms with Crippen molar-refractivity contribution in [3.63, 3.8) is 0 Å². The summed E-state index contributed by atoms with van der Waals surface area (Å²) in [6, 6.07) is 0. The number of rotatable bonds is 4. The Morgan fingerprint density at radius 1 is 1.60 bits per heavy atom. The van der Waals surface area contributed by atoms with Crippen molar-refractivity contribution in [1.29, 1.82) is 0 Å². The average Bonchev–Trinajstić information content (AvgIpc) is 3.01. The van der Waals surface area contributed by atoms with Gasteiger partial charge in [0.05, 0.1) is 18.0 Å². The van der Waals surface area contributed by atoms with Gasteiger partial charge in [-0.2, -0.15) is 0 Å². The molecular formula is C10H13N3O2. The van der Waals surface area contributed by atoms with Crippen molar-refractivity contribution in [3.05, 3.63) is 18.0 Å². The first-order valence-corrected chi connectivity index (χ1v) is 4.84. The van der Waals surface area contributed by atoms with Gasteiger partial charge < -0.3 is 15.8 Å². The van der Waals surface area contributed by atoms with Gasteiger partial charge in [0.2, 0.25) is 0 Å². The van der Waals surface area contributed by atoms with Crippen molar-refractivity contribution < 1.29 is 9.53 Å². The molecule has 1 aliphatic rings. The average molecular weight is 207 g/mol. The number of anilines is 1. The van der Waals surface area contributed by atoms with Crippen molar-refractivity contribution in [1.82, 2.24) is 4.98 Å². The van der Waals surface area contributed by atoms with E-state index >= 15 is 0 Å². The number of primary amides is 1. The molecule has 5 nitrogen and oxygen atoms in total. The number of nitrogens with two attached hydrogens (primary N) is 1. The van der Waals surface area contributed by atoms with Gasteiger partial charge in [0.25, 0.3) is 5.91 Å². The second-order valence-corrected chi connectivity index (χ2v) is 3.50. The van der Waals surface area contributed by atoms with Gasteiger partial charge in [0.15, 0.2) is 5.75 Å². The molecule has 0 unspecified atom stereocenters. The maximum Gasteiger partial charge on any atom is 0.254 e. The van der Waals surface area contributed by atoms with Crippen LogP contribution in [0.25, 0.3) is 0 Å². The van der Waals surface area contributed by atoms with Crippen molar-refractivity contribution in [2.45, 2.75) is 18.9 Å². The van der Waals surface area contributed by atoms with E-state index in [4.69, 9.17) is 10.5 Å². The van der Waals surface area contributed by atoms with E-state index in [2.05, 4.69) is 10.3 Å². The Hall–Kier alpha value is -1.78. The number of hydrogen-bond acceptors (Lipinski definition) is 4. The van der Waals surface area contributed by atoms with Gasteiger partial charge in [-0.1, -0.05) is 0 Å². The van der Waals surface area contributed by atoms with E-state index in [0.29, 0.717) is 17.0 Å². The monoisotopic (exact) mass is 207 g/mol. The molecule has 0 atom stereocenters. The van der Waals surface area contributed by atoms with Crippen LogP contribution in [0.5, 0.6) is 5.75 Å². The Bertz CT molecular complexity index is 388. The molecule has 0 aromatic carbocycles. The Morgan fingerprint density at radius 3 is 2.87 bits per heavy atom. The summed E-state index contributed by atoms with van der Waals surface area (Å²) in [5, 5.41) is 2.93. The molecule has 0 aliphatic heterocycles. The molecule has 1 amide bonds. The number of carbonyl (C=O) groups excluding carboxylic acids is 1. The van der Waals surface area contributed by atoms with E-state index in [0.717, 1.165) is 12.8 Å². The molecule has 1 aliphatic carbocycles. The minimum Gasteiger partial charge on any atom is -0.487 e. The topological polar surface area (TPSA) is 77.2 Å². The smallest absolute Gasteiger partial charge is 0.254 e. The molecule has 1 aromatic rings. The normalized spacial score (nSPS) is 14.7. The zero-order valence-electron chi connectivity index (χ0n) is 8.49. The number of nitrogens with one attached hydrogen (secondary N) is 1. The van der Waals surface area contributed by atoms with Gasteiger partial charge in [0.1, 0.15) is 5.56 Å². The Labute approximate surface area is 87.6 Å². The van der Waals surface area contributed by atoms with Crippen LogP contribution in [0.4, 0.5) is 5.69 Å². The highest BCUT2D eigenvalue weighted by molar-refractivity contribution is 5.97. The largest absolute Gasteiger partial charge is 0.487 e. The highest BCUT2D eigenvalue weighted by atomic mass is 16.5. The second-order valence-electron chi connectivity index (χ2n) is 3.50. The lowest BCUT2D eigenvalue weighted by atomic mass is 10.2. The minimum absolute atomic E-state index is 0.220. The lowest BCUT2D eigenvalue weighted by Gasteiger charge is -2.12. The molecule has 80 valence electrons. The third kappa shape index (κ3) is 2.01. The fraction of sp³-hybridized carbons (Fsp3) is 0.400. The van der Waals surface area contributed by atoms with E-state index in [1.54, 1.807) is 13.2 Å². The minimum atomic E-state index is -0.518. The predicted molar refractivity (Wildman–Crippen MR) is 56.0 cm³/mol. The van der Waals surface area contributed by atoms with Gasteiger partial charge in [0, 0.05) is 13.2 Å². The van der Waals surface area contributed by atoms with Gasteiger partial charge >= 0.3 is 0 Å². The maximum absolute atomic E-state index is 11.2.